The maximum absolute atomic E-state index is 13.2. The zero-order chi connectivity index (χ0) is 22.2. The Morgan fingerprint density at radius 3 is 2.74 bits per heavy atom. The summed E-state index contributed by atoms with van der Waals surface area (Å²) < 4.78 is 46.2. The number of nitrogens with one attached hydrogen (secondary N) is 1. The maximum atomic E-state index is 13.2. The number of alkyl halides is 3. The summed E-state index contributed by atoms with van der Waals surface area (Å²) in [5.41, 5.74) is 5.82. The first-order valence-corrected chi connectivity index (χ1v) is 9.29. The number of H-pyrrole nitrogens is 1. The molecule has 2 heterocycles. The van der Waals surface area contributed by atoms with Crippen molar-refractivity contribution >= 4 is 10.9 Å². The normalized spacial score (nSPS) is 12.8. The molecule has 0 aliphatic carbocycles. The summed E-state index contributed by atoms with van der Waals surface area (Å²) in [5.74, 6) is 0.628. The van der Waals surface area contributed by atoms with Crippen LogP contribution in [0.25, 0.3) is 22.0 Å². The number of fused-ring (bicyclic) bond motifs is 1. The molecule has 0 spiro atoms. The quantitative estimate of drug-likeness (QED) is 0.507. The van der Waals surface area contributed by atoms with Gasteiger partial charge in [0, 0.05) is 12.1 Å². The summed E-state index contributed by atoms with van der Waals surface area (Å²) in [7, 11) is 1.54. The Kier molecular flexibility index (Phi) is 5.24. The Morgan fingerprint density at radius 2 is 2.03 bits per heavy atom. The Balaban J connectivity index is 1.79. The molecular formula is C21H18F3N5O2. The van der Waals surface area contributed by atoms with Crippen LogP contribution in [0.1, 0.15) is 17.3 Å². The van der Waals surface area contributed by atoms with Crippen LogP contribution in [0, 0.1) is 0 Å². The standard InChI is InChI=1S/C21H18F3N5O2/c1-31-14-4-2-3-13(7-14)18(9-25)29-11-26-17-8-12(5-6-15(17)20(29)30)16-10-27-28-19(16)21(22,23)24/h2-8,10-11,18H,9,25H2,1H3,(H,27,28). The third-order valence-electron chi connectivity index (χ3n) is 5.06. The van der Waals surface area contributed by atoms with Crippen molar-refractivity contribution in [3.05, 3.63) is 76.6 Å². The molecular weight excluding hydrogens is 411 g/mol. The van der Waals surface area contributed by atoms with Gasteiger partial charge in [0.2, 0.25) is 0 Å². The summed E-state index contributed by atoms with van der Waals surface area (Å²) in [6, 6.07) is 11.1. The van der Waals surface area contributed by atoms with Crippen LogP contribution >= 0.6 is 0 Å². The minimum absolute atomic E-state index is 0.114. The van der Waals surface area contributed by atoms with Crippen LogP contribution in [-0.4, -0.2) is 33.4 Å². The third-order valence-corrected chi connectivity index (χ3v) is 5.06. The van der Waals surface area contributed by atoms with Gasteiger partial charge in [0.25, 0.3) is 5.56 Å². The van der Waals surface area contributed by atoms with Crippen LogP contribution in [0.2, 0.25) is 0 Å². The predicted octanol–water partition coefficient (Wildman–Crippen LogP) is 3.36. The van der Waals surface area contributed by atoms with Crippen molar-refractivity contribution < 1.29 is 17.9 Å². The van der Waals surface area contributed by atoms with Crippen molar-refractivity contribution in [3.8, 4) is 16.9 Å². The minimum atomic E-state index is -4.58. The third kappa shape index (κ3) is 3.77. The number of aromatic nitrogens is 4. The maximum Gasteiger partial charge on any atom is 0.433 e. The molecule has 0 bridgehead atoms. The summed E-state index contributed by atoms with van der Waals surface area (Å²) in [6.45, 7) is 0.141. The van der Waals surface area contributed by atoms with Gasteiger partial charge in [-0.15, -0.1) is 0 Å². The average molecular weight is 429 g/mol. The second-order valence-corrected chi connectivity index (χ2v) is 6.87. The van der Waals surface area contributed by atoms with E-state index in [-0.39, 0.29) is 34.1 Å². The molecule has 4 rings (SSSR count). The van der Waals surface area contributed by atoms with E-state index < -0.39 is 17.9 Å². The van der Waals surface area contributed by atoms with Gasteiger partial charge in [0.05, 0.1) is 36.6 Å². The second-order valence-electron chi connectivity index (χ2n) is 6.87. The number of ether oxygens (including phenoxy) is 1. The molecule has 0 aliphatic rings. The Hall–Kier alpha value is -3.66. The number of aromatic amines is 1. The van der Waals surface area contributed by atoms with E-state index >= 15 is 0 Å². The molecule has 1 unspecified atom stereocenters. The molecule has 10 heteroatoms. The molecule has 2 aromatic heterocycles. The van der Waals surface area contributed by atoms with E-state index in [1.807, 2.05) is 11.2 Å². The van der Waals surface area contributed by atoms with Gasteiger partial charge in [-0.2, -0.15) is 18.3 Å². The van der Waals surface area contributed by atoms with E-state index in [1.165, 1.54) is 29.1 Å². The lowest BCUT2D eigenvalue weighted by Crippen LogP contribution is -2.30. The van der Waals surface area contributed by atoms with Crippen molar-refractivity contribution in [2.75, 3.05) is 13.7 Å². The van der Waals surface area contributed by atoms with Gasteiger partial charge in [-0.1, -0.05) is 18.2 Å². The Labute approximate surface area is 174 Å². The lowest BCUT2D eigenvalue weighted by molar-refractivity contribution is -0.140. The van der Waals surface area contributed by atoms with Crippen LogP contribution in [0.3, 0.4) is 0 Å². The number of rotatable bonds is 5. The lowest BCUT2D eigenvalue weighted by Gasteiger charge is -2.19. The molecule has 4 aromatic rings. The fourth-order valence-corrected chi connectivity index (χ4v) is 3.50. The molecule has 3 N–H and O–H groups in total. The van der Waals surface area contributed by atoms with Gasteiger partial charge in [0.1, 0.15) is 11.4 Å². The first kappa shape index (κ1) is 20.6. The van der Waals surface area contributed by atoms with Crippen LogP contribution in [-0.2, 0) is 6.18 Å². The highest BCUT2D eigenvalue weighted by Gasteiger charge is 2.36. The van der Waals surface area contributed by atoms with Crippen molar-refractivity contribution in [3.63, 3.8) is 0 Å². The molecule has 2 aromatic carbocycles. The number of benzene rings is 2. The minimum Gasteiger partial charge on any atom is -0.497 e. The molecule has 0 saturated heterocycles. The van der Waals surface area contributed by atoms with Crippen molar-refractivity contribution in [1.29, 1.82) is 0 Å². The molecule has 0 radical (unpaired) electrons. The number of methoxy groups -OCH3 is 1. The van der Waals surface area contributed by atoms with Crippen molar-refractivity contribution in [2.24, 2.45) is 5.73 Å². The molecule has 31 heavy (non-hydrogen) atoms. The molecule has 0 aliphatic heterocycles. The Bertz CT molecular complexity index is 1300. The second kappa shape index (κ2) is 7.88. The SMILES string of the molecule is COc1cccc(C(CN)n2cnc3cc(-c4cn[nH]c4C(F)(F)F)ccc3c2=O)c1. The zero-order valence-electron chi connectivity index (χ0n) is 16.3. The number of hydrogen-bond acceptors (Lipinski definition) is 5. The predicted molar refractivity (Wildman–Crippen MR) is 109 cm³/mol. The molecule has 160 valence electrons. The van der Waals surface area contributed by atoms with E-state index in [0.717, 1.165) is 11.8 Å². The highest BCUT2D eigenvalue weighted by Crippen LogP contribution is 2.35. The summed E-state index contributed by atoms with van der Waals surface area (Å²) in [5, 5.41) is 5.75. The monoisotopic (exact) mass is 429 g/mol. The topological polar surface area (TPSA) is 98.8 Å². The van der Waals surface area contributed by atoms with Crippen molar-refractivity contribution in [2.45, 2.75) is 12.2 Å². The molecule has 0 fully saturated rings. The number of hydrogen-bond donors (Lipinski definition) is 2. The van der Waals surface area contributed by atoms with E-state index in [9.17, 15) is 18.0 Å². The van der Waals surface area contributed by atoms with Gasteiger partial charge in [-0.25, -0.2) is 4.98 Å². The number of nitrogens with zero attached hydrogens (tertiary/aromatic N) is 3. The fraction of sp³-hybridized carbons (Fsp3) is 0.190. The highest BCUT2D eigenvalue weighted by molar-refractivity contribution is 5.84. The van der Waals surface area contributed by atoms with E-state index in [1.54, 1.807) is 25.3 Å². The van der Waals surface area contributed by atoms with Crippen LogP contribution < -0.4 is 16.0 Å². The zero-order valence-corrected chi connectivity index (χ0v) is 16.3. The van der Waals surface area contributed by atoms with Gasteiger partial charge >= 0.3 is 6.18 Å². The van der Waals surface area contributed by atoms with Crippen LogP contribution in [0.5, 0.6) is 5.75 Å². The van der Waals surface area contributed by atoms with Crippen LogP contribution in [0.15, 0.2) is 59.8 Å². The Morgan fingerprint density at radius 1 is 1.23 bits per heavy atom. The summed E-state index contributed by atoms with van der Waals surface area (Å²) in [4.78, 5) is 17.4. The number of halogens is 3. The first-order chi connectivity index (χ1) is 14.8. The molecule has 7 nitrogen and oxygen atoms in total. The summed E-state index contributed by atoms with van der Waals surface area (Å²) >= 11 is 0. The van der Waals surface area contributed by atoms with Crippen molar-refractivity contribution in [1.82, 2.24) is 19.7 Å². The largest absolute Gasteiger partial charge is 0.497 e. The lowest BCUT2D eigenvalue weighted by atomic mass is 10.0. The molecule has 0 saturated carbocycles. The van der Waals surface area contributed by atoms with Gasteiger partial charge in [-0.05, 0) is 35.4 Å². The molecule has 1 atom stereocenters. The summed E-state index contributed by atoms with van der Waals surface area (Å²) in [6.07, 6.45) is -2.13. The smallest absolute Gasteiger partial charge is 0.433 e. The van der Waals surface area contributed by atoms with Gasteiger partial charge in [-0.3, -0.25) is 14.5 Å². The van der Waals surface area contributed by atoms with E-state index in [4.69, 9.17) is 10.5 Å². The van der Waals surface area contributed by atoms with E-state index in [0.29, 0.717) is 5.75 Å². The van der Waals surface area contributed by atoms with Crippen LogP contribution in [0.4, 0.5) is 13.2 Å². The average Bonchev–Trinajstić information content (AvgIpc) is 3.26. The van der Waals surface area contributed by atoms with E-state index in [2.05, 4.69) is 10.1 Å². The fourth-order valence-electron chi connectivity index (χ4n) is 3.50. The highest BCUT2D eigenvalue weighted by atomic mass is 19.4. The first-order valence-electron chi connectivity index (χ1n) is 9.29. The molecule has 0 amide bonds. The number of nitrogens with two attached hydrogens (primary N) is 1. The van der Waals surface area contributed by atoms with Gasteiger partial charge in [0.15, 0.2) is 0 Å². The van der Waals surface area contributed by atoms with Gasteiger partial charge < -0.3 is 10.5 Å².